The maximum atomic E-state index is 4.81. The Bertz CT molecular complexity index is 407. The van der Waals surface area contributed by atoms with Gasteiger partial charge in [0.05, 0.1) is 11.4 Å². The molecule has 0 saturated heterocycles. The first kappa shape index (κ1) is 15.6. The molecule has 2 rings (SSSR count). The Balaban J connectivity index is 0.000000437. The molecule has 0 fully saturated rings. The van der Waals surface area contributed by atoms with Crippen LogP contribution in [0.15, 0.2) is 45.6 Å². The van der Waals surface area contributed by atoms with E-state index in [0.717, 1.165) is 20.3 Å². The summed E-state index contributed by atoms with van der Waals surface area (Å²) in [4.78, 5) is 8.51. The second-order valence-electron chi connectivity index (χ2n) is 2.77. The number of hydrogen-bond acceptors (Lipinski definition) is 2. The van der Waals surface area contributed by atoms with Crippen molar-refractivity contribution in [3.05, 3.63) is 45.6 Å². The van der Waals surface area contributed by atoms with E-state index in [4.69, 9.17) is 19.1 Å². The van der Waals surface area contributed by atoms with Gasteiger partial charge in [-0.3, -0.25) is 9.97 Å². The Hall–Kier alpha value is 0.502. The van der Waals surface area contributed by atoms with Crippen LogP contribution in [-0.4, -0.2) is 9.97 Å². The zero-order valence-corrected chi connectivity index (χ0v) is 14.4. The van der Waals surface area contributed by atoms with Gasteiger partial charge < -0.3 is 0 Å². The Morgan fingerprint density at radius 3 is 1.41 bits per heavy atom. The first-order chi connectivity index (χ1) is 8.17. The standard InChI is InChI=1S/C10H6Br2N2.2ClH.Pd/c11-7-1-3-9(13-5-7)10-4-2-8(12)6-14-10;;;/h1-6H;2*1H;/q;;;+2/p-2. The summed E-state index contributed by atoms with van der Waals surface area (Å²) in [5.41, 5.74) is 1.75. The second kappa shape index (κ2) is 8.58. The summed E-state index contributed by atoms with van der Waals surface area (Å²) in [5.74, 6) is 0. The molecule has 0 aliphatic heterocycles. The fourth-order valence-corrected chi connectivity index (χ4v) is 1.52. The van der Waals surface area contributed by atoms with E-state index in [1.807, 2.05) is 24.3 Å². The van der Waals surface area contributed by atoms with Crippen LogP contribution < -0.4 is 0 Å². The molecule has 0 N–H and O–H groups in total. The molecule has 2 aromatic rings. The zero-order chi connectivity index (χ0) is 12.7. The number of aromatic nitrogens is 2. The van der Waals surface area contributed by atoms with Gasteiger partial charge in [0.15, 0.2) is 0 Å². The summed E-state index contributed by atoms with van der Waals surface area (Å²) in [6.45, 7) is 0. The third-order valence-electron chi connectivity index (χ3n) is 1.72. The monoisotopic (exact) mass is 488 g/mol. The normalized spacial score (nSPS) is 9.65. The van der Waals surface area contributed by atoms with Gasteiger partial charge in [-0.15, -0.1) is 0 Å². The van der Waals surface area contributed by atoms with Gasteiger partial charge >= 0.3 is 35.0 Å². The Labute approximate surface area is 133 Å². The van der Waals surface area contributed by atoms with Gasteiger partial charge in [0.1, 0.15) is 0 Å². The number of hydrogen-bond donors (Lipinski definition) is 0. The van der Waals surface area contributed by atoms with Crippen LogP contribution in [0.4, 0.5) is 0 Å². The molecule has 0 radical (unpaired) electrons. The van der Waals surface area contributed by atoms with Crippen molar-refractivity contribution < 1.29 is 15.9 Å². The fraction of sp³-hybridized carbons (Fsp3) is 0. The molecule has 0 atom stereocenters. The summed E-state index contributed by atoms with van der Waals surface area (Å²) in [6, 6.07) is 7.76. The van der Waals surface area contributed by atoms with E-state index in [1.165, 1.54) is 0 Å². The number of pyridine rings is 2. The third-order valence-corrected chi connectivity index (χ3v) is 2.66. The molecule has 2 aromatic heterocycles. The molecule has 94 valence electrons. The first-order valence-electron chi connectivity index (χ1n) is 4.23. The number of halogens is 4. The van der Waals surface area contributed by atoms with E-state index in [-0.39, 0.29) is 15.9 Å². The molecule has 7 heteroatoms. The number of nitrogens with zero attached hydrogens (tertiary/aromatic N) is 2. The molecule has 17 heavy (non-hydrogen) atoms. The molecular formula is C10H6Br2Cl2N2Pd. The number of rotatable bonds is 1. The molecule has 0 aliphatic rings. The molecule has 0 bridgehead atoms. The van der Waals surface area contributed by atoms with E-state index >= 15 is 0 Å². The van der Waals surface area contributed by atoms with Gasteiger partial charge in [-0.2, -0.15) is 0 Å². The first-order valence-corrected chi connectivity index (χ1v) is 9.82. The van der Waals surface area contributed by atoms with Crippen LogP contribution in [0, 0.1) is 0 Å². The molecule has 0 amide bonds. The van der Waals surface area contributed by atoms with Crippen LogP contribution in [0.2, 0.25) is 0 Å². The van der Waals surface area contributed by atoms with Crippen molar-refractivity contribution in [2.45, 2.75) is 0 Å². The van der Waals surface area contributed by atoms with Crippen molar-refractivity contribution in [3.63, 3.8) is 0 Å². The zero-order valence-electron chi connectivity index (χ0n) is 8.19. The SMILES string of the molecule is Brc1ccc(-c2ccc(Br)cn2)nc1.[Cl][Pd][Cl]. The quantitative estimate of drug-likeness (QED) is 0.523. The van der Waals surface area contributed by atoms with Crippen molar-refractivity contribution in [2.24, 2.45) is 0 Å². The van der Waals surface area contributed by atoms with Crippen LogP contribution in [0.5, 0.6) is 0 Å². The minimum absolute atomic E-state index is 0.106. The van der Waals surface area contributed by atoms with E-state index in [1.54, 1.807) is 12.4 Å². The molecule has 2 heterocycles. The Morgan fingerprint density at radius 2 is 1.18 bits per heavy atom. The molecule has 0 spiro atoms. The third kappa shape index (κ3) is 5.78. The maximum absolute atomic E-state index is 4.81. The van der Waals surface area contributed by atoms with E-state index < -0.39 is 0 Å². The molecule has 0 unspecified atom stereocenters. The van der Waals surface area contributed by atoms with Crippen molar-refractivity contribution >= 4 is 50.9 Å². The van der Waals surface area contributed by atoms with Gasteiger partial charge in [0.2, 0.25) is 0 Å². The van der Waals surface area contributed by atoms with Crippen molar-refractivity contribution in [1.82, 2.24) is 9.97 Å². The molecule has 0 aliphatic carbocycles. The van der Waals surface area contributed by atoms with E-state index in [0.29, 0.717) is 0 Å². The predicted molar refractivity (Wildman–Crippen MR) is 74.6 cm³/mol. The van der Waals surface area contributed by atoms with Gasteiger partial charge in [-0.05, 0) is 56.1 Å². The van der Waals surface area contributed by atoms with Gasteiger partial charge in [-0.1, -0.05) is 0 Å². The fourth-order valence-electron chi connectivity index (χ4n) is 1.05. The Morgan fingerprint density at radius 1 is 0.824 bits per heavy atom. The molecule has 0 aromatic carbocycles. The minimum atomic E-state index is -0.106. The van der Waals surface area contributed by atoms with Gasteiger partial charge in [-0.25, -0.2) is 0 Å². The Kier molecular flexibility index (Phi) is 7.85. The summed E-state index contributed by atoms with van der Waals surface area (Å²) >= 11 is 6.57. The average molecular weight is 491 g/mol. The van der Waals surface area contributed by atoms with Gasteiger partial charge in [0, 0.05) is 21.3 Å². The van der Waals surface area contributed by atoms with Crippen molar-refractivity contribution in [3.8, 4) is 11.4 Å². The van der Waals surface area contributed by atoms with E-state index in [9.17, 15) is 0 Å². The van der Waals surface area contributed by atoms with Crippen LogP contribution >= 0.6 is 50.9 Å². The van der Waals surface area contributed by atoms with E-state index in [2.05, 4.69) is 41.8 Å². The van der Waals surface area contributed by atoms with Crippen LogP contribution in [-0.2, 0) is 15.9 Å². The second-order valence-corrected chi connectivity index (χ2v) is 6.96. The van der Waals surface area contributed by atoms with Gasteiger partial charge in [0.25, 0.3) is 0 Å². The predicted octanol–water partition coefficient (Wildman–Crippen LogP) is 5.05. The molecule has 2 nitrogen and oxygen atoms in total. The van der Waals surface area contributed by atoms with Crippen LogP contribution in [0.3, 0.4) is 0 Å². The van der Waals surface area contributed by atoms with Crippen molar-refractivity contribution in [2.75, 3.05) is 0 Å². The summed E-state index contributed by atoms with van der Waals surface area (Å²) < 4.78 is 1.94. The molecular weight excluding hydrogens is 485 g/mol. The van der Waals surface area contributed by atoms with Crippen LogP contribution in [0.1, 0.15) is 0 Å². The van der Waals surface area contributed by atoms with Crippen molar-refractivity contribution in [1.29, 1.82) is 0 Å². The topological polar surface area (TPSA) is 25.8 Å². The average Bonchev–Trinajstić information content (AvgIpc) is 2.32. The summed E-state index contributed by atoms with van der Waals surface area (Å²) in [6.07, 6.45) is 3.53. The summed E-state index contributed by atoms with van der Waals surface area (Å²) in [5, 5.41) is 0. The van der Waals surface area contributed by atoms with Crippen LogP contribution in [0.25, 0.3) is 11.4 Å². The molecule has 0 saturated carbocycles. The summed E-state index contributed by atoms with van der Waals surface area (Å²) in [7, 11) is 9.63.